The van der Waals surface area contributed by atoms with E-state index in [1.165, 1.54) is 12.1 Å². The van der Waals surface area contributed by atoms with E-state index >= 15 is 0 Å². The number of rotatable bonds is 7. The van der Waals surface area contributed by atoms with Crippen molar-refractivity contribution >= 4 is 5.91 Å². The van der Waals surface area contributed by atoms with Gasteiger partial charge >= 0.3 is 0 Å². The molecule has 5 nitrogen and oxygen atoms in total. The molecule has 0 radical (unpaired) electrons. The first kappa shape index (κ1) is 20.1. The van der Waals surface area contributed by atoms with E-state index in [2.05, 4.69) is 5.32 Å². The van der Waals surface area contributed by atoms with Crippen LogP contribution in [-0.2, 0) is 10.2 Å². The Bertz CT molecular complexity index is 801. The van der Waals surface area contributed by atoms with Gasteiger partial charge in [0.25, 0.3) is 5.91 Å². The molecule has 1 aliphatic rings. The lowest BCUT2D eigenvalue weighted by Crippen LogP contribution is -2.44. The molecule has 1 heterocycles. The predicted molar refractivity (Wildman–Crippen MR) is 105 cm³/mol. The van der Waals surface area contributed by atoms with Crippen molar-refractivity contribution in [2.24, 2.45) is 0 Å². The molecule has 1 amide bonds. The molecule has 0 unspecified atom stereocenters. The lowest BCUT2D eigenvalue weighted by Gasteiger charge is -2.38. The molecule has 1 N–H and O–H groups in total. The third kappa shape index (κ3) is 4.44. The summed E-state index contributed by atoms with van der Waals surface area (Å²) in [7, 11) is 1.56. The van der Waals surface area contributed by atoms with Gasteiger partial charge in [-0.1, -0.05) is 12.1 Å². The zero-order chi connectivity index (χ0) is 20.0. The van der Waals surface area contributed by atoms with E-state index < -0.39 is 0 Å². The fourth-order valence-corrected chi connectivity index (χ4v) is 3.57. The van der Waals surface area contributed by atoms with Crippen LogP contribution < -0.4 is 14.8 Å². The molecule has 0 bridgehead atoms. The maximum atomic E-state index is 13.4. The van der Waals surface area contributed by atoms with Gasteiger partial charge in [0.1, 0.15) is 5.82 Å². The van der Waals surface area contributed by atoms with Crippen LogP contribution in [0.3, 0.4) is 0 Å². The van der Waals surface area contributed by atoms with E-state index in [1.807, 2.05) is 6.92 Å². The van der Waals surface area contributed by atoms with Gasteiger partial charge in [0.2, 0.25) is 0 Å². The van der Waals surface area contributed by atoms with Crippen LogP contribution in [0.15, 0.2) is 42.5 Å². The predicted octanol–water partition coefficient (Wildman–Crippen LogP) is 3.71. The average molecular weight is 387 g/mol. The number of amides is 1. The summed E-state index contributed by atoms with van der Waals surface area (Å²) in [6.07, 6.45) is 1.54. The van der Waals surface area contributed by atoms with Crippen LogP contribution in [0.1, 0.15) is 35.7 Å². The zero-order valence-electron chi connectivity index (χ0n) is 16.3. The molecular formula is C22H26FNO4. The highest BCUT2D eigenvalue weighted by molar-refractivity contribution is 5.95. The second-order valence-electron chi connectivity index (χ2n) is 6.88. The molecule has 3 rings (SSSR count). The maximum Gasteiger partial charge on any atom is 0.251 e. The SMILES string of the molecule is CCOc1cc(C(=O)NCC2(c3ccc(F)cc3)CCOCC2)ccc1OC. The second-order valence-corrected chi connectivity index (χ2v) is 6.88. The number of methoxy groups -OCH3 is 1. The largest absolute Gasteiger partial charge is 0.493 e. The lowest BCUT2D eigenvalue weighted by molar-refractivity contribution is 0.0487. The molecule has 0 aliphatic carbocycles. The molecule has 0 saturated carbocycles. The van der Waals surface area contributed by atoms with Gasteiger partial charge in [-0.15, -0.1) is 0 Å². The Morgan fingerprint density at radius 1 is 1.14 bits per heavy atom. The Labute approximate surface area is 164 Å². The van der Waals surface area contributed by atoms with Crippen LogP contribution in [0.2, 0.25) is 0 Å². The number of halogens is 1. The van der Waals surface area contributed by atoms with Crippen molar-refractivity contribution in [1.82, 2.24) is 5.32 Å². The fourth-order valence-electron chi connectivity index (χ4n) is 3.57. The van der Waals surface area contributed by atoms with E-state index in [4.69, 9.17) is 14.2 Å². The van der Waals surface area contributed by atoms with E-state index in [9.17, 15) is 9.18 Å². The first-order chi connectivity index (χ1) is 13.6. The van der Waals surface area contributed by atoms with Gasteiger partial charge in [0, 0.05) is 30.7 Å². The Kier molecular flexibility index (Phi) is 6.52. The van der Waals surface area contributed by atoms with Gasteiger partial charge in [-0.2, -0.15) is 0 Å². The van der Waals surface area contributed by atoms with Gasteiger partial charge < -0.3 is 19.5 Å². The van der Waals surface area contributed by atoms with Crippen LogP contribution in [0.4, 0.5) is 4.39 Å². The molecule has 6 heteroatoms. The molecule has 1 fully saturated rings. The summed E-state index contributed by atoms with van der Waals surface area (Å²) in [5.41, 5.74) is 1.25. The number of hydrogen-bond donors (Lipinski definition) is 1. The van der Waals surface area contributed by atoms with Crippen LogP contribution in [-0.4, -0.2) is 39.4 Å². The monoisotopic (exact) mass is 387 g/mol. The third-order valence-corrected chi connectivity index (χ3v) is 5.22. The molecule has 150 valence electrons. The Morgan fingerprint density at radius 3 is 2.50 bits per heavy atom. The van der Waals surface area contributed by atoms with E-state index in [1.54, 1.807) is 37.4 Å². The van der Waals surface area contributed by atoms with Crippen LogP contribution in [0.25, 0.3) is 0 Å². The van der Waals surface area contributed by atoms with E-state index in [0.29, 0.717) is 43.4 Å². The van der Waals surface area contributed by atoms with E-state index in [-0.39, 0.29) is 17.1 Å². The maximum absolute atomic E-state index is 13.4. The summed E-state index contributed by atoms with van der Waals surface area (Å²) in [6.45, 7) is 4.05. The Balaban J connectivity index is 1.77. The molecule has 0 spiro atoms. The molecule has 0 atom stereocenters. The van der Waals surface area contributed by atoms with Crippen molar-refractivity contribution in [2.75, 3.05) is 33.5 Å². The minimum Gasteiger partial charge on any atom is -0.493 e. The van der Waals surface area contributed by atoms with Gasteiger partial charge in [0.05, 0.1) is 13.7 Å². The van der Waals surface area contributed by atoms with Crippen molar-refractivity contribution in [2.45, 2.75) is 25.2 Å². The highest BCUT2D eigenvalue weighted by atomic mass is 19.1. The van der Waals surface area contributed by atoms with Crippen molar-refractivity contribution in [3.63, 3.8) is 0 Å². The molecule has 1 saturated heterocycles. The standard InChI is InChI=1S/C22H26FNO4/c1-3-28-20-14-16(4-9-19(20)26-2)21(25)24-15-22(10-12-27-13-11-22)17-5-7-18(23)8-6-17/h4-9,14H,3,10-13,15H2,1-2H3,(H,24,25). The molecule has 0 aromatic heterocycles. The van der Waals surface area contributed by atoms with Crippen molar-refractivity contribution in [3.05, 3.63) is 59.4 Å². The van der Waals surface area contributed by atoms with Gasteiger partial charge in [-0.25, -0.2) is 4.39 Å². The quantitative estimate of drug-likeness (QED) is 0.787. The van der Waals surface area contributed by atoms with Gasteiger partial charge in [-0.05, 0) is 55.7 Å². The average Bonchev–Trinajstić information content (AvgIpc) is 2.73. The number of ether oxygens (including phenoxy) is 3. The molecule has 2 aromatic rings. The van der Waals surface area contributed by atoms with Crippen molar-refractivity contribution < 1.29 is 23.4 Å². The second kappa shape index (κ2) is 9.06. The number of carbonyl (C=O) groups is 1. The van der Waals surface area contributed by atoms with Gasteiger partial charge in [-0.3, -0.25) is 4.79 Å². The highest BCUT2D eigenvalue weighted by Crippen LogP contribution is 2.34. The Morgan fingerprint density at radius 2 is 1.86 bits per heavy atom. The minimum atomic E-state index is -0.267. The summed E-state index contributed by atoms with van der Waals surface area (Å²) >= 11 is 0. The van der Waals surface area contributed by atoms with Crippen LogP contribution >= 0.6 is 0 Å². The molecule has 1 aliphatic heterocycles. The summed E-state index contributed by atoms with van der Waals surface area (Å²) in [5.74, 6) is 0.677. The van der Waals surface area contributed by atoms with Crippen LogP contribution in [0, 0.1) is 5.82 Å². The minimum absolute atomic E-state index is 0.184. The fraction of sp³-hybridized carbons (Fsp3) is 0.409. The smallest absolute Gasteiger partial charge is 0.251 e. The van der Waals surface area contributed by atoms with Crippen molar-refractivity contribution in [3.8, 4) is 11.5 Å². The van der Waals surface area contributed by atoms with Gasteiger partial charge in [0.15, 0.2) is 11.5 Å². The normalized spacial score (nSPS) is 15.7. The van der Waals surface area contributed by atoms with Crippen molar-refractivity contribution in [1.29, 1.82) is 0 Å². The highest BCUT2D eigenvalue weighted by Gasteiger charge is 2.35. The summed E-state index contributed by atoms with van der Waals surface area (Å²) in [5, 5.41) is 3.04. The van der Waals surface area contributed by atoms with E-state index in [0.717, 1.165) is 18.4 Å². The number of nitrogens with one attached hydrogen (secondary N) is 1. The summed E-state index contributed by atoms with van der Waals surface area (Å²) < 4.78 is 29.7. The first-order valence-corrected chi connectivity index (χ1v) is 9.51. The Hall–Kier alpha value is -2.60. The number of hydrogen-bond acceptors (Lipinski definition) is 4. The molecule has 28 heavy (non-hydrogen) atoms. The summed E-state index contributed by atoms with van der Waals surface area (Å²) in [4.78, 5) is 12.8. The topological polar surface area (TPSA) is 56.8 Å². The molecular weight excluding hydrogens is 361 g/mol. The number of benzene rings is 2. The van der Waals surface area contributed by atoms with Crippen LogP contribution in [0.5, 0.6) is 11.5 Å². The number of carbonyl (C=O) groups excluding carboxylic acids is 1. The zero-order valence-corrected chi connectivity index (χ0v) is 16.3. The summed E-state index contributed by atoms with van der Waals surface area (Å²) in [6, 6.07) is 11.7. The third-order valence-electron chi connectivity index (χ3n) is 5.22. The first-order valence-electron chi connectivity index (χ1n) is 9.51. The molecule has 2 aromatic carbocycles. The lowest BCUT2D eigenvalue weighted by atomic mass is 9.74.